The van der Waals surface area contributed by atoms with Crippen molar-refractivity contribution in [2.24, 2.45) is 0 Å². The second-order valence-electron chi connectivity index (χ2n) is 4.75. The number of imidazole rings is 1. The van der Waals surface area contributed by atoms with Gasteiger partial charge in [0.15, 0.2) is 5.69 Å². The Morgan fingerprint density at radius 2 is 2.09 bits per heavy atom. The summed E-state index contributed by atoms with van der Waals surface area (Å²) in [6.45, 7) is 5.84. The molecule has 1 amide bonds. The summed E-state index contributed by atoms with van der Waals surface area (Å²) in [5.41, 5.74) is 1.79. The normalized spacial score (nSPS) is 12.3. The molecule has 0 unspecified atom stereocenters. The van der Waals surface area contributed by atoms with Crippen LogP contribution in [0.4, 0.5) is 5.69 Å². The van der Waals surface area contributed by atoms with Crippen molar-refractivity contribution in [3.63, 3.8) is 0 Å². The second kappa shape index (κ2) is 5.48. The van der Waals surface area contributed by atoms with E-state index >= 15 is 0 Å². The van der Waals surface area contributed by atoms with E-state index < -0.39 is 5.97 Å². The van der Waals surface area contributed by atoms with Gasteiger partial charge in [-0.25, -0.2) is 9.78 Å². The maximum Gasteiger partial charge on any atom is 0.358 e. The molecular formula is C16H15N3O3. The molecule has 2 heterocycles. The molecule has 1 aromatic carbocycles. The molecule has 0 spiro atoms. The van der Waals surface area contributed by atoms with Crippen molar-refractivity contribution in [3.05, 3.63) is 54.6 Å². The van der Waals surface area contributed by atoms with Crippen LogP contribution in [-0.2, 0) is 16.1 Å². The summed E-state index contributed by atoms with van der Waals surface area (Å²) in [4.78, 5) is 29.8. The Morgan fingerprint density at radius 1 is 1.36 bits per heavy atom. The fraction of sp³-hybridized carbons (Fsp3) is 0.188. The van der Waals surface area contributed by atoms with Crippen LogP contribution >= 0.6 is 0 Å². The van der Waals surface area contributed by atoms with Crippen LogP contribution in [0.25, 0.3) is 5.69 Å². The smallest absolute Gasteiger partial charge is 0.358 e. The highest BCUT2D eigenvalue weighted by Gasteiger charge is 2.27. The molecule has 0 aliphatic carbocycles. The van der Waals surface area contributed by atoms with Crippen LogP contribution in [0.5, 0.6) is 0 Å². The van der Waals surface area contributed by atoms with Crippen molar-refractivity contribution in [3.8, 4) is 5.69 Å². The number of carbonyl (C=O) groups is 2. The van der Waals surface area contributed by atoms with Gasteiger partial charge in [-0.2, -0.15) is 0 Å². The number of nitrogens with zero attached hydrogens (tertiary/aromatic N) is 3. The van der Waals surface area contributed by atoms with Gasteiger partial charge < -0.3 is 4.74 Å². The van der Waals surface area contributed by atoms with Crippen LogP contribution in [0, 0.1) is 0 Å². The summed E-state index contributed by atoms with van der Waals surface area (Å²) < 4.78 is 6.79. The van der Waals surface area contributed by atoms with E-state index in [2.05, 4.69) is 11.6 Å². The standard InChI is InChI=1S/C16H15N3O3/c1-3-15(20)19-10-14-17-11(16(21)22-4-2)9-18(14)12-7-5-6-8-13(12)19/h3,5-9H,1,4,10H2,2H3. The number of anilines is 1. The number of hydrogen-bond acceptors (Lipinski definition) is 4. The lowest BCUT2D eigenvalue weighted by atomic mass is 10.2. The van der Waals surface area contributed by atoms with Crippen LogP contribution in [0.2, 0.25) is 0 Å². The van der Waals surface area contributed by atoms with Crippen molar-refractivity contribution in [1.82, 2.24) is 9.55 Å². The summed E-state index contributed by atoms with van der Waals surface area (Å²) in [7, 11) is 0. The second-order valence-corrected chi connectivity index (χ2v) is 4.75. The third kappa shape index (κ3) is 2.18. The predicted octanol–water partition coefficient (Wildman–Crippen LogP) is 2.08. The Labute approximate surface area is 127 Å². The predicted molar refractivity (Wildman–Crippen MR) is 80.9 cm³/mol. The molecule has 2 aromatic rings. The highest BCUT2D eigenvalue weighted by molar-refractivity contribution is 6.02. The number of para-hydroxylation sites is 2. The Bertz CT molecular complexity index is 764. The molecule has 0 atom stereocenters. The van der Waals surface area contributed by atoms with Crippen LogP contribution in [0.1, 0.15) is 23.2 Å². The van der Waals surface area contributed by atoms with Gasteiger partial charge in [-0.15, -0.1) is 0 Å². The molecule has 1 aliphatic rings. The number of carbonyl (C=O) groups excluding carboxylic acids is 2. The average Bonchev–Trinajstić information content (AvgIpc) is 2.98. The fourth-order valence-electron chi connectivity index (χ4n) is 2.47. The van der Waals surface area contributed by atoms with E-state index in [9.17, 15) is 9.59 Å². The Kier molecular flexibility index (Phi) is 3.50. The zero-order valence-electron chi connectivity index (χ0n) is 12.2. The lowest BCUT2D eigenvalue weighted by Crippen LogP contribution is -2.33. The number of ether oxygens (including phenoxy) is 1. The van der Waals surface area contributed by atoms with Gasteiger partial charge in [0.1, 0.15) is 5.82 Å². The molecular weight excluding hydrogens is 282 g/mol. The molecule has 6 heteroatoms. The number of esters is 1. The van der Waals surface area contributed by atoms with Crippen LogP contribution in [0.3, 0.4) is 0 Å². The number of rotatable bonds is 3. The molecule has 1 aliphatic heterocycles. The molecule has 22 heavy (non-hydrogen) atoms. The first-order valence-electron chi connectivity index (χ1n) is 6.94. The van der Waals surface area contributed by atoms with Crippen molar-refractivity contribution in [2.75, 3.05) is 11.5 Å². The van der Waals surface area contributed by atoms with Crippen LogP contribution in [-0.4, -0.2) is 28.0 Å². The number of aromatic nitrogens is 2. The van der Waals surface area contributed by atoms with Gasteiger partial charge in [0.2, 0.25) is 0 Å². The Morgan fingerprint density at radius 3 is 2.77 bits per heavy atom. The zero-order valence-corrected chi connectivity index (χ0v) is 12.2. The van der Waals surface area contributed by atoms with Crippen molar-refractivity contribution < 1.29 is 14.3 Å². The quantitative estimate of drug-likeness (QED) is 0.642. The summed E-state index contributed by atoms with van der Waals surface area (Å²) in [5.74, 6) is -0.0696. The zero-order chi connectivity index (χ0) is 15.7. The molecule has 0 N–H and O–H groups in total. The molecule has 6 nitrogen and oxygen atoms in total. The summed E-state index contributed by atoms with van der Waals surface area (Å²) in [6, 6.07) is 7.45. The molecule has 0 saturated heterocycles. The van der Waals surface area contributed by atoms with Gasteiger partial charge in [0.25, 0.3) is 5.91 Å². The lowest BCUT2D eigenvalue weighted by molar-refractivity contribution is -0.114. The SMILES string of the molecule is C=CC(=O)N1Cc2nc(C(=O)OCC)cn2-c2ccccc21. The molecule has 0 fully saturated rings. The van der Waals surface area contributed by atoms with Gasteiger partial charge >= 0.3 is 5.97 Å². The van der Waals surface area contributed by atoms with E-state index in [1.807, 2.05) is 28.8 Å². The van der Waals surface area contributed by atoms with Gasteiger partial charge in [-0.1, -0.05) is 18.7 Å². The maximum absolute atomic E-state index is 12.1. The molecule has 0 bridgehead atoms. The van der Waals surface area contributed by atoms with Gasteiger partial charge in [-0.05, 0) is 25.1 Å². The van der Waals surface area contributed by atoms with E-state index in [4.69, 9.17) is 4.74 Å². The summed E-state index contributed by atoms with van der Waals surface area (Å²) in [5, 5.41) is 0. The van der Waals surface area contributed by atoms with Crippen LogP contribution < -0.4 is 4.90 Å². The topological polar surface area (TPSA) is 64.4 Å². The minimum Gasteiger partial charge on any atom is -0.461 e. The largest absolute Gasteiger partial charge is 0.461 e. The summed E-state index contributed by atoms with van der Waals surface area (Å²) in [6.07, 6.45) is 2.91. The third-order valence-electron chi connectivity index (χ3n) is 3.44. The van der Waals surface area contributed by atoms with Crippen molar-refractivity contribution >= 4 is 17.6 Å². The van der Waals surface area contributed by atoms with Gasteiger partial charge in [0, 0.05) is 6.20 Å². The van der Waals surface area contributed by atoms with E-state index in [0.717, 1.165) is 11.4 Å². The van der Waals surface area contributed by atoms with Gasteiger partial charge in [0.05, 0.1) is 24.5 Å². The molecule has 112 valence electrons. The fourth-order valence-corrected chi connectivity index (χ4v) is 2.47. The number of benzene rings is 1. The number of amides is 1. The maximum atomic E-state index is 12.1. The summed E-state index contributed by atoms with van der Waals surface area (Å²) >= 11 is 0. The molecule has 0 saturated carbocycles. The third-order valence-corrected chi connectivity index (χ3v) is 3.44. The van der Waals surface area contributed by atoms with Crippen molar-refractivity contribution in [2.45, 2.75) is 13.5 Å². The van der Waals surface area contributed by atoms with E-state index in [0.29, 0.717) is 12.4 Å². The first kappa shape index (κ1) is 14.1. The molecule has 1 aromatic heterocycles. The molecule has 0 radical (unpaired) electrons. The Hall–Kier alpha value is -2.89. The lowest BCUT2D eigenvalue weighted by Gasteiger charge is -2.29. The first-order chi connectivity index (χ1) is 10.7. The number of hydrogen-bond donors (Lipinski definition) is 0. The first-order valence-corrected chi connectivity index (χ1v) is 6.94. The van der Waals surface area contributed by atoms with Gasteiger partial charge in [-0.3, -0.25) is 14.3 Å². The van der Waals surface area contributed by atoms with E-state index in [1.165, 1.54) is 6.08 Å². The minimum atomic E-state index is -0.469. The Balaban J connectivity index is 2.09. The minimum absolute atomic E-state index is 0.209. The van der Waals surface area contributed by atoms with E-state index in [-0.39, 0.29) is 18.1 Å². The number of fused-ring (bicyclic) bond motifs is 3. The average molecular weight is 297 g/mol. The van der Waals surface area contributed by atoms with Crippen LogP contribution in [0.15, 0.2) is 43.1 Å². The highest BCUT2D eigenvalue weighted by Crippen LogP contribution is 2.32. The van der Waals surface area contributed by atoms with Crippen molar-refractivity contribution in [1.29, 1.82) is 0 Å². The highest BCUT2D eigenvalue weighted by atomic mass is 16.5. The monoisotopic (exact) mass is 297 g/mol. The molecule has 3 rings (SSSR count). The van der Waals surface area contributed by atoms with E-state index in [1.54, 1.807) is 18.0 Å².